The molecule has 4 rings (SSSR count). The highest BCUT2D eigenvalue weighted by molar-refractivity contribution is 7.99. The summed E-state index contributed by atoms with van der Waals surface area (Å²) < 4.78 is 12.7. The first-order valence-electron chi connectivity index (χ1n) is 8.72. The van der Waals surface area contributed by atoms with Crippen molar-refractivity contribution in [2.24, 2.45) is 0 Å². The summed E-state index contributed by atoms with van der Waals surface area (Å²) in [5.74, 6) is 2.00. The Morgan fingerprint density at radius 3 is 2.57 bits per heavy atom. The lowest BCUT2D eigenvalue weighted by molar-refractivity contribution is -0.119. The summed E-state index contributed by atoms with van der Waals surface area (Å²) in [5.41, 5.74) is 0.894. The van der Waals surface area contributed by atoms with Crippen molar-refractivity contribution in [1.29, 1.82) is 0 Å². The number of benzene rings is 1. The van der Waals surface area contributed by atoms with Crippen LogP contribution in [0, 0.1) is 0 Å². The normalized spacial score (nSPS) is 12.0. The number of amides is 1. The summed E-state index contributed by atoms with van der Waals surface area (Å²) in [6, 6.07) is 16.8. The van der Waals surface area contributed by atoms with Crippen molar-refractivity contribution in [2.45, 2.75) is 18.1 Å². The molecule has 1 N–H and O–H groups in total. The average molecular weight is 394 g/mol. The Labute approximate surface area is 165 Å². The summed E-state index contributed by atoms with van der Waals surface area (Å²) in [7, 11) is 0. The minimum Gasteiger partial charge on any atom is -0.467 e. The van der Waals surface area contributed by atoms with Gasteiger partial charge in [-0.05, 0) is 43.3 Å². The van der Waals surface area contributed by atoms with Gasteiger partial charge in [-0.25, -0.2) is 0 Å². The molecule has 1 amide bonds. The molecule has 0 aliphatic carbocycles. The van der Waals surface area contributed by atoms with E-state index in [-0.39, 0.29) is 17.7 Å². The molecular weight excluding hydrogens is 376 g/mol. The molecular formula is C20H18N4O3S. The predicted octanol–water partition coefficient (Wildman–Crippen LogP) is 4.09. The maximum Gasteiger partial charge on any atom is 0.231 e. The SMILES string of the molecule is C[C@@H](NC(=O)CSc1nnc(-c2ccco2)n1-c1ccccc1)c1ccco1. The van der Waals surface area contributed by atoms with E-state index in [0.717, 1.165) is 5.69 Å². The second-order valence-electron chi connectivity index (χ2n) is 6.05. The van der Waals surface area contributed by atoms with Gasteiger partial charge >= 0.3 is 0 Å². The fourth-order valence-electron chi connectivity index (χ4n) is 2.76. The molecule has 0 bridgehead atoms. The summed E-state index contributed by atoms with van der Waals surface area (Å²) in [4.78, 5) is 12.4. The zero-order valence-electron chi connectivity index (χ0n) is 15.1. The third kappa shape index (κ3) is 3.86. The fourth-order valence-corrected chi connectivity index (χ4v) is 3.52. The molecule has 7 nitrogen and oxygen atoms in total. The molecule has 1 atom stereocenters. The van der Waals surface area contributed by atoms with Crippen molar-refractivity contribution in [3.8, 4) is 17.3 Å². The number of nitrogens with one attached hydrogen (secondary N) is 1. The average Bonchev–Trinajstić information content (AvgIpc) is 3.48. The van der Waals surface area contributed by atoms with Crippen LogP contribution in [0.5, 0.6) is 0 Å². The van der Waals surface area contributed by atoms with Gasteiger partial charge in [0.2, 0.25) is 11.7 Å². The van der Waals surface area contributed by atoms with Gasteiger partial charge in [0.05, 0.1) is 24.3 Å². The van der Waals surface area contributed by atoms with E-state index in [1.165, 1.54) is 11.8 Å². The van der Waals surface area contributed by atoms with Crippen LogP contribution in [-0.4, -0.2) is 26.4 Å². The van der Waals surface area contributed by atoms with Crippen LogP contribution in [0.15, 0.2) is 81.1 Å². The van der Waals surface area contributed by atoms with Gasteiger partial charge in [0, 0.05) is 5.69 Å². The number of rotatable bonds is 7. The highest BCUT2D eigenvalue weighted by Crippen LogP contribution is 2.28. The highest BCUT2D eigenvalue weighted by atomic mass is 32.2. The quantitative estimate of drug-likeness (QED) is 0.475. The minimum atomic E-state index is -0.200. The third-order valence-corrected chi connectivity index (χ3v) is 5.00. The molecule has 4 aromatic rings. The summed E-state index contributed by atoms with van der Waals surface area (Å²) in [6.45, 7) is 1.88. The Kier molecular flexibility index (Phi) is 5.29. The molecule has 0 aliphatic heterocycles. The zero-order valence-corrected chi connectivity index (χ0v) is 15.9. The first-order chi connectivity index (χ1) is 13.7. The van der Waals surface area contributed by atoms with E-state index >= 15 is 0 Å². The van der Waals surface area contributed by atoms with Crippen LogP contribution in [-0.2, 0) is 4.79 Å². The van der Waals surface area contributed by atoms with E-state index in [9.17, 15) is 4.79 Å². The van der Waals surface area contributed by atoms with Crippen molar-refractivity contribution in [3.63, 3.8) is 0 Å². The van der Waals surface area contributed by atoms with Gasteiger partial charge in [-0.1, -0.05) is 30.0 Å². The van der Waals surface area contributed by atoms with Crippen LogP contribution in [0.4, 0.5) is 0 Å². The summed E-state index contributed by atoms with van der Waals surface area (Å²) >= 11 is 1.31. The van der Waals surface area contributed by atoms with Crippen molar-refractivity contribution in [2.75, 3.05) is 5.75 Å². The van der Waals surface area contributed by atoms with Gasteiger partial charge in [0.15, 0.2) is 10.9 Å². The van der Waals surface area contributed by atoms with Gasteiger partial charge in [0.1, 0.15) is 5.76 Å². The number of hydrogen-bond acceptors (Lipinski definition) is 6. The second kappa shape index (κ2) is 8.18. The molecule has 1 aromatic carbocycles. The van der Waals surface area contributed by atoms with Crippen molar-refractivity contribution >= 4 is 17.7 Å². The first kappa shape index (κ1) is 18.1. The van der Waals surface area contributed by atoms with E-state index in [1.807, 2.05) is 54.0 Å². The Morgan fingerprint density at radius 1 is 1.07 bits per heavy atom. The molecule has 0 radical (unpaired) electrons. The van der Waals surface area contributed by atoms with Crippen LogP contribution in [0.25, 0.3) is 17.3 Å². The lowest BCUT2D eigenvalue weighted by Gasteiger charge is -2.12. The van der Waals surface area contributed by atoms with Crippen LogP contribution in [0.2, 0.25) is 0 Å². The Hall–Kier alpha value is -3.26. The molecule has 3 aromatic heterocycles. The van der Waals surface area contributed by atoms with Gasteiger partial charge in [-0.15, -0.1) is 10.2 Å². The van der Waals surface area contributed by atoms with Crippen molar-refractivity contribution in [1.82, 2.24) is 20.1 Å². The predicted molar refractivity (Wildman–Crippen MR) is 105 cm³/mol. The smallest absolute Gasteiger partial charge is 0.231 e. The molecule has 142 valence electrons. The van der Waals surface area contributed by atoms with Gasteiger partial charge in [-0.3, -0.25) is 9.36 Å². The number of aromatic nitrogens is 3. The lowest BCUT2D eigenvalue weighted by Crippen LogP contribution is -2.28. The van der Waals surface area contributed by atoms with Gasteiger partial charge in [-0.2, -0.15) is 0 Å². The number of thioether (sulfide) groups is 1. The van der Waals surface area contributed by atoms with Crippen molar-refractivity contribution < 1.29 is 13.6 Å². The molecule has 0 unspecified atom stereocenters. The molecule has 3 heterocycles. The Morgan fingerprint density at radius 2 is 1.86 bits per heavy atom. The maximum atomic E-state index is 12.4. The number of carbonyl (C=O) groups excluding carboxylic acids is 1. The molecule has 0 spiro atoms. The van der Waals surface area contributed by atoms with E-state index in [4.69, 9.17) is 8.83 Å². The number of nitrogens with zero attached hydrogens (tertiary/aromatic N) is 3. The van der Waals surface area contributed by atoms with Crippen LogP contribution in [0.3, 0.4) is 0 Å². The van der Waals surface area contributed by atoms with E-state index in [2.05, 4.69) is 15.5 Å². The Bertz CT molecular complexity index is 1030. The molecule has 28 heavy (non-hydrogen) atoms. The second-order valence-corrected chi connectivity index (χ2v) is 6.99. The topological polar surface area (TPSA) is 86.1 Å². The van der Waals surface area contributed by atoms with Crippen LogP contribution < -0.4 is 5.32 Å². The van der Waals surface area contributed by atoms with E-state index < -0.39 is 0 Å². The lowest BCUT2D eigenvalue weighted by atomic mass is 10.2. The summed E-state index contributed by atoms with van der Waals surface area (Å²) in [5, 5.41) is 12.1. The summed E-state index contributed by atoms with van der Waals surface area (Å²) in [6.07, 6.45) is 3.18. The van der Waals surface area contributed by atoms with Gasteiger partial charge < -0.3 is 14.2 Å². The van der Waals surface area contributed by atoms with E-state index in [0.29, 0.717) is 22.5 Å². The largest absolute Gasteiger partial charge is 0.467 e. The van der Waals surface area contributed by atoms with E-state index in [1.54, 1.807) is 24.7 Å². The number of hydrogen-bond donors (Lipinski definition) is 1. The van der Waals surface area contributed by atoms with Crippen LogP contribution in [0.1, 0.15) is 18.7 Å². The minimum absolute atomic E-state index is 0.115. The number of furan rings is 2. The van der Waals surface area contributed by atoms with Gasteiger partial charge in [0.25, 0.3) is 0 Å². The maximum absolute atomic E-state index is 12.4. The molecule has 0 aliphatic rings. The fraction of sp³-hybridized carbons (Fsp3) is 0.150. The first-order valence-corrected chi connectivity index (χ1v) is 9.71. The standard InChI is InChI=1S/C20H18N4O3S/c1-14(16-9-5-11-26-16)21-18(25)13-28-20-23-22-19(17-10-6-12-27-17)24(20)15-7-3-2-4-8-15/h2-12,14H,13H2,1H3,(H,21,25)/t14-/m1/s1. The molecule has 8 heteroatoms. The highest BCUT2D eigenvalue weighted by Gasteiger charge is 2.19. The number of para-hydroxylation sites is 1. The third-order valence-electron chi connectivity index (χ3n) is 4.07. The zero-order chi connectivity index (χ0) is 19.3. The monoisotopic (exact) mass is 394 g/mol. The molecule has 0 saturated heterocycles. The molecule has 0 saturated carbocycles. The van der Waals surface area contributed by atoms with Crippen LogP contribution >= 0.6 is 11.8 Å². The number of carbonyl (C=O) groups is 1. The van der Waals surface area contributed by atoms with Crippen molar-refractivity contribution in [3.05, 3.63) is 72.9 Å². The Balaban J connectivity index is 1.52. The molecule has 0 fully saturated rings.